The van der Waals surface area contributed by atoms with Crippen molar-refractivity contribution in [1.29, 1.82) is 0 Å². The quantitative estimate of drug-likeness (QED) is 0.648. The molecule has 0 aliphatic rings. The van der Waals surface area contributed by atoms with E-state index in [4.69, 9.17) is 0 Å². The van der Waals surface area contributed by atoms with Gasteiger partial charge in [-0.1, -0.05) is 10.4 Å². The Labute approximate surface area is 112 Å². The first-order chi connectivity index (χ1) is 9.65. The molecule has 0 bridgehead atoms. The molecule has 0 saturated carbocycles. The minimum Gasteiger partial charge on any atom is -0.469 e. The van der Waals surface area contributed by atoms with Gasteiger partial charge in [0.15, 0.2) is 11.5 Å². The smallest absolute Gasteiger partial charge is 0.360 e. The average Bonchev–Trinajstić information content (AvgIpc) is 3.09. The molecule has 0 N–H and O–H groups in total. The first-order valence-electron chi connectivity index (χ1n) is 5.48. The number of hydrogen-bond acceptors (Lipinski definition) is 9. The van der Waals surface area contributed by atoms with Gasteiger partial charge in [0.2, 0.25) is 6.39 Å². The van der Waals surface area contributed by atoms with E-state index in [1.54, 1.807) is 0 Å². The maximum Gasteiger partial charge on any atom is 0.360 e. The topological polar surface area (TPSA) is 122 Å². The van der Waals surface area contributed by atoms with E-state index in [0.717, 1.165) is 6.39 Å². The van der Waals surface area contributed by atoms with Crippen molar-refractivity contribution in [3.05, 3.63) is 23.6 Å². The van der Waals surface area contributed by atoms with E-state index in [1.807, 2.05) is 0 Å². The van der Waals surface area contributed by atoms with Gasteiger partial charge in [-0.25, -0.2) is 9.48 Å². The van der Waals surface area contributed by atoms with Gasteiger partial charge in [-0.05, 0) is 0 Å². The minimum atomic E-state index is -0.691. The van der Waals surface area contributed by atoms with E-state index in [2.05, 4.69) is 34.4 Å². The van der Waals surface area contributed by atoms with Crippen LogP contribution in [0.1, 0.15) is 22.0 Å². The molecule has 2 heterocycles. The zero-order valence-electron chi connectivity index (χ0n) is 10.8. The molecule has 10 nitrogen and oxygen atoms in total. The Hall–Kier alpha value is -2.78. The van der Waals surface area contributed by atoms with Gasteiger partial charge in [0.05, 0.1) is 26.3 Å². The summed E-state index contributed by atoms with van der Waals surface area (Å²) in [5.74, 6) is -0.896. The SMILES string of the molecule is COC(=O)Cc1c(C(=O)OC)nnn1Cc1ncon1. The molecule has 0 fully saturated rings. The third kappa shape index (κ3) is 2.79. The van der Waals surface area contributed by atoms with Gasteiger partial charge in [0.1, 0.15) is 6.54 Å². The van der Waals surface area contributed by atoms with Crippen molar-refractivity contribution in [1.82, 2.24) is 25.1 Å². The number of rotatable bonds is 5. The summed E-state index contributed by atoms with van der Waals surface area (Å²) < 4.78 is 15.1. The molecule has 2 rings (SSSR count). The van der Waals surface area contributed by atoms with E-state index >= 15 is 0 Å². The highest BCUT2D eigenvalue weighted by Gasteiger charge is 2.23. The maximum absolute atomic E-state index is 11.6. The monoisotopic (exact) mass is 281 g/mol. The first kappa shape index (κ1) is 13.6. The minimum absolute atomic E-state index is 0.0543. The van der Waals surface area contributed by atoms with Gasteiger partial charge in [0.25, 0.3) is 0 Å². The predicted molar refractivity (Wildman–Crippen MR) is 60.5 cm³/mol. The van der Waals surface area contributed by atoms with E-state index < -0.39 is 11.9 Å². The lowest BCUT2D eigenvalue weighted by atomic mass is 10.2. The molecule has 0 spiro atoms. The zero-order chi connectivity index (χ0) is 14.5. The molecule has 2 aromatic heterocycles. The van der Waals surface area contributed by atoms with Crippen LogP contribution in [0.4, 0.5) is 0 Å². The zero-order valence-corrected chi connectivity index (χ0v) is 10.8. The Bertz CT molecular complexity index is 606. The highest BCUT2D eigenvalue weighted by atomic mass is 16.5. The lowest BCUT2D eigenvalue weighted by Gasteiger charge is -2.04. The number of methoxy groups -OCH3 is 2. The van der Waals surface area contributed by atoms with Crippen LogP contribution in [-0.2, 0) is 27.2 Å². The Morgan fingerprint density at radius 2 is 2.15 bits per heavy atom. The van der Waals surface area contributed by atoms with Gasteiger partial charge in [0, 0.05) is 0 Å². The van der Waals surface area contributed by atoms with Crippen LogP contribution in [0.3, 0.4) is 0 Å². The summed E-state index contributed by atoms with van der Waals surface area (Å²) in [4.78, 5) is 26.8. The molecule has 0 atom stereocenters. The summed E-state index contributed by atoms with van der Waals surface area (Å²) in [6.45, 7) is 0.104. The number of ether oxygens (including phenoxy) is 2. The maximum atomic E-state index is 11.6. The fourth-order valence-electron chi connectivity index (χ4n) is 1.49. The second-order valence-electron chi connectivity index (χ2n) is 3.63. The summed E-state index contributed by atoms with van der Waals surface area (Å²) in [6.07, 6.45) is 0.985. The van der Waals surface area contributed by atoms with E-state index in [9.17, 15) is 9.59 Å². The van der Waals surface area contributed by atoms with Gasteiger partial charge in [-0.2, -0.15) is 4.98 Å². The number of nitrogens with zero attached hydrogens (tertiary/aromatic N) is 5. The molecular formula is C10H11N5O5. The van der Waals surface area contributed by atoms with Crippen molar-refractivity contribution in [3.63, 3.8) is 0 Å². The summed E-state index contributed by atoms with van der Waals surface area (Å²) in [6, 6.07) is 0. The van der Waals surface area contributed by atoms with Crippen LogP contribution in [-0.4, -0.2) is 51.3 Å². The lowest BCUT2D eigenvalue weighted by molar-refractivity contribution is -0.139. The Morgan fingerprint density at radius 3 is 2.75 bits per heavy atom. The summed E-state index contributed by atoms with van der Waals surface area (Å²) in [7, 11) is 2.45. The molecule has 0 amide bonds. The number of aromatic nitrogens is 5. The van der Waals surface area contributed by atoms with Crippen LogP contribution in [0.2, 0.25) is 0 Å². The highest BCUT2D eigenvalue weighted by molar-refractivity contribution is 5.89. The van der Waals surface area contributed by atoms with E-state index in [-0.39, 0.29) is 24.4 Å². The normalized spacial score (nSPS) is 10.3. The third-order valence-corrected chi connectivity index (χ3v) is 2.45. The van der Waals surface area contributed by atoms with Gasteiger partial charge < -0.3 is 14.0 Å². The van der Waals surface area contributed by atoms with Crippen molar-refractivity contribution in [2.24, 2.45) is 0 Å². The number of carbonyl (C=O) groups excluding carboxylic acids is 2. The van der Waals surface area contributed by atoms with Crippen LogP contribution >= 0.6 is 0 Å². The fraction of sp³-hybridized carbons (Fsp3) is 0.400. The van der Waals surface area contributed by atoms with Crippen molar-refractivity contribution in [2.75, 3.05) is 14.2 Å². The van der Waals surface area contributed by atoms with Crippen molar-refractivity contribution in [3.8, 4) is 0 Å². The molecule has 0 saturated heterocycles. The van der Waals surface area contributed by atoms with E-state index in [1.165, 1.54) is 18.9 Å². The van der Waals surface area contributed by atoms with Crippen LogP contribution in [0.5, 0.6) is 0 Å². The Kier molecular flexibility index (Phi) is 4.03. The fourth-order valence-corrected chi connectivity index (χ4v) is 1.49. The van der Waals surface area contributed by atoms with E-state index in [0.29, 0.717) is 5.82 Å². The molecule has 0 radical (unpaired) electrons. The second kappa shape index (κ2) is 5.91. The standard InChI is InChI=1S/C10H11N5O5/c1-18-8(16)3-6-9(10(17)19-2)12-14-15(6)4-7-11-5-20-13-7/h5H,3-4H2,1-2H3. The summed E-state index contributed by atoms with van der Waals surface area (Å²) >= 11 is 0. The molecular weight excluding hydrogens is 270 g/mol. The number of hydrogen-bond donors (Lipinski definition) is 0. The van der Waals surface area contributed by atoms with Crippen LogP contribution < -0.4 is 0 Å². The molecule has 10 heteroatoms. The molecule has 0 aliphatic carbocycles. The lowest BCUT2D eigenvalue weighted by Crippen LogP contribution is -2.16. The Balaban J connectivity index is 2.33. The predicted octanol–water partition coefficient (Wildman–Crippen LogP) is -0.789. The Morgan fingerprint density at radius 1 is 1.35 bits per heavy atom. The van der Waals surface area contributed by atoms with Crippen LogP contribution in [0, 0.1) is 0 Å². The largest absolute Gasteiger partial charge is 0.469 e. The first-order valence-corrected chi connectivity index (χ1v) is 5.48. The molecule has 0 unspecified atom stereocenters. The van der Waals surface area contributed by atoms with Crippen molar-refractivity contribution in [2.45, 2.75) is 13.0 Å². The third-order valence-electron chi connectivity index (χ3n) is 2.45. The van der Waals surface area contributed by atoms with Gasteiger partial charge in [-0.15, -0.1) is 5.10 Å². The molecule has 0 aliphatic heterocycles. The molecule has 20 heavy (non-hydrogen) atoms. The van der Waals surface area contributed by atoms with Gasteiger partial charge in [-0.3, -0.25) is 4.79 Å². The van der Waals surface area contributed by atoms with Gasteiger partial charge >= 0.3 is 11.9 Å². The van der Waals surface area contributed by atoms with Crippen LogP contribution in [0.15, 0.2) is 10.9 Å². The second-order valence-corrected chi connectivity index (χ2v) is 3.63. The molecule has 0 aromatic carbocycles. The summed E-state index contributed by atoms with van der Waals surface area (Å²) in [5, 5.41) is 11.1. The molecule has 106 valence electrons. The number of esters is 2. The number of carbonyl (C=O) groups is 2. The van der Waals surface area contributed by atoms with Crippen molar-refractivity contribution < 1.29 is 23.6 Å². The summed E-state index contributed by atoms with van der Waals surface area (Å²) in [5.41, 5.74) is 0.204. The molecule has 2 aromatic rings. The van der Waals surface area contributed by atoms with Crippen LogP contribution in [0.25, 0.3) is 0 Å². The average molecular weight is 281 g/mol. The highest BCUT2D eigenvalue weighted by Crippen LogP contribution is 2.10. The van der Waals surface area contributed by atoms with Crippen molar-refractivity contribution >= 4 is 11.9 Å².